The Kier molecular flexibility index (Phi) is 3.40. The highest BCUT2D eigenvalue weighted by Crippen LogP contribution is 2.34. The highest BCUT2D eigenvalue weighted by molar-refractivity contribution is 5.12. The maximum absolute atomic E-state index is 12.0. The Labute approximate surface area is 82.5 Å². The molecular formula is C11H15F3. The summed E-state index contributed by atoms with van der Waals surface area (Å²) in [5.74, 6) is 0.381. The first-order valence-electron chi connectivity index (χ1n) is 4.78. The van der Waals surface area contributed by atoms with Crippen molar-refractivity contribution in [3.05, 3.63) is 23.8 Å². The average Bonchev–Trinajstić information content (AvgIpc) is 2.02. The Morgan fingerprint density at radius 3 is 2.57 bits per heavy atom. The van der Waals surface area contributed by atoms with Gasteiger partial charge in [0.1, 0.15) is 0 Å². The lowest BCUT2D eigenvalue weighted by atomic mass is 9.84. The third-order valence-electron chi connectivity index (χ3n) is 2.63. The zero-order valence-corrected chi connectivity index (χ0v) is 8.32. The molecule has 1 aliphatic carbocycles. The Morgan fingerprint density at radius 2 is 2.21 bits per heavy atom. The van der Waals surface area contributed by atoms with Crippen LogP contribution in [0.2, 0.25) is 0 Å². The van der Waals surface area contributed by atoms with Crippen LogP contribution in [0.1, 0.15) is 32.6 Å². The number of halogens is 3. The topological polar surface area (TPSA) is 0 Å². The predicted molar refractivity (Wildman–Crippen MR) is 50.9 cm³/mol. The number of rotatable bonds is 2. The van der Waals surface area contributed by atoms with Crippen molar-refractivity contribution < 1.29 is 13.2 Å². The largest absolute Gasteiger partial charge is 0.392 e. The molecule has 0 fully saturated rings. The molecule has 0 saturated heterocycles. The van der Waals surface area contributed by atoms with E-state index < -0.39 is 12.6 Å². The molecule has 1 rings (SSSR count). The number of alkyl halides is 3. The number of hydrogen-bond acceptors (Lipinski definition) is 0. The van der Waals surface area contributed by atoms with Gasteiger partial charge in [-0.1, -0.05) is 23.8 Å². The van der Waals surface area contributed by atoms with Gasteiger partial charge in [-0.15, -0.1) is 0 Å². The number of hydrogen-bond donors (Lipinski definition) is 0. The van der Waals surface area contributed by atoms with Gasteiger partial charge in [-0.2, -0.15) is 13.2 Å². The van der Waals surface area contributed by atoms with Gasteiger partial charge < -0.3 is 0 Å². The lowest BCUT2D eigenvalue weighted by molar-refractivity contribution is -0.127. The van der Waals surface area contributed by atoms with Gasteiger partial charge in [0.25, 0.3) is 0 Å². The molecule has 1 aliphatic rings. The Morgan fingerprint density at radius 1 is 1.57 bits per heavy atom. The molecular weight excluding hydrogens is 189 g/mol. The van der Waals surface area contributed by atoms with Gasteiger partial charge in [0.15, 0.2) is 0 Å². The van der Waals surface area contributed by atoms with E-state index in [1.165, 1.54) is 0 Å². The van der Waals surface area contributed by atoms with Crippen molar-refractivity contribution in [2.75, 3.05) is 0 Å². The van der Waals surface area contributed by atoms with Gasteiger partial charge in [0.05, 0.1) is 6.42 Å². The van der Waals surface area contributed by atoms with E-state index in [0.717, 1.165) is 18.4 Å². The minimum atomic E-state index is -4.05. The molecule has 0 bridgehead atoms. The summed E-state index contributed by atoms with van der Waals surface area (Å²) < 4.78 is 36.1. The summed E-state index contributed by atoms with van der Waals surface area (Å²) in [6, 6.07) is 0. The second-order valence-electron chi connectivity index (χ2n) is 3.97. The van der Waals surface area contributed by atoms with Crippen LogP contribution in [0.15, 0.2) is 23.8 Å². The van der Waals surface area contributed by atoms with Crippen LogP contribution < -0.4 is 0 Å². The summed E-state index contributed by atoms with van der Waals surface area (Å²) in [7, 11) is 0. The second-order valence-corrected chi connectivity index (χ2v) is 3.97. The first-order chi connectivity index (χ1) is 6.38. The summed E-state index contributed by atoms with van der Waals surface area (Å²) in [5.41, 5.74) is 1.61. The van der Waals surface area contributed by atoms with E-state index in [2.05, 4.69) is 6.58 Å². The first kappa shape index (κ1) is 11.3. The Hall–Kier alpha value is -0.730. The molecule has 0 unspecified atom stereocenters. The lowest BCUT2D eigenvalue weighted by Gasteiger charge is -2.22. The van der Waals surface area contributed by atoms with E-state index in [0.29, 0.717) is 17.9 Å². The molecule has 0 nitrogen and oxygen atoms in total. The normalized spacial score (nSPS) is 23.1. The molecule has 0 aliphatic heterocycles. The Bertz CT molecular complexity index is 248. The quantitative estimate of drug-likeness (QED) is 0.590. The lowest BCUT2D eigenvalue weighted by Crippen LogP contribution is -2.13. The zero-order valence-electron chi connectivity index (χ0n) is 8.32. The van der Waals surface area contributed by atoms with Crippen LogP contribution in [0.5, 0.6) is 0 Å². The third-order valence-corrected chi connectivity index (χ3v) is 2.63. The highest BCUT2D eigenvalue weighted by Gasteiger charge is 2.29. The molecule has 0 aromatic carbocycles. The highest BCUT2D eigenvalue weighted by atomic mass is 19.4. The van der Waals surface area contributed by atoms with E-state index >= 15 is 0 Å². The van der Waals surface area contributed by atoms with Crippen molar-refractivity contribution in [1.82, 2.24) is 0 Å². The molecule has 1 atom stereocenters. The van der Waals surface area contributed by atoms with Gasteiger partial charge in [0, 0.05) is 0 Å². The van der Waals surface area contributed by atoms with E-state index in [1.54, 1.807) is 6.08 Å². The number of allylic oxidation sites excluding steroid dienone is 3. The second kappa shape index (κ2) is 4.20. The molecule has 0 heterocycles. The molecule has 0 radical (unpaired) electrons. The molecule has 0 aromatic heterocycles. The molecule has 3 heteroatoms. The van der Waals surface area contributed by atoms with Crippen LogP contribution in [0.4, 0.5) is 13.2 Å². The summed E-state index contributed by atoms with van der Waals surface area (Å²) in [4.78, 5) is 0. The maximum atomic E-state index is 12.0. The zero-order chi connectivity index (χ0) is 10.8. The third kappa shape index (κ3) is 3.56. The van der Waals surface area contributed by atoms with E-state index in [-0.39, 0.29) is 0 Å². The molecule has 0 amide bonds. The van der Waals surface area contributed by atoms with Gasteiger partial charge in [-0.05, 0) is 32.1 Å². The standard InChI is InChI=1S/C11H15F3/c1-8(2)10-5-3-9(4-6-10)7-11(12,13)14/h3,10H,1,4-7H2,2H3/t10-/m1/s1. The van der Waals surface area contributed by atoms with Gasteiger partial charge in [0.2, 0.25) is 0 Å². The van der Waals surface area contributed by atoms with Gasteiger partial charge >= 0.3 is 6.18 Å². The van der Waals surface area contributed by atoms with E-state index in [9.17, 15) is 13.2 Å². The van der Waals surface area contributed by atoms with Crippen molar-refractivity contribution in [3.63, 3.8) is 0 Å². The first-order valence-corrected chi connectivity index (χ1v) is 4.78. The van der Waals surface area contributed by atoms with Crippen LogP contribution in [0, 0.1) is 5.92 Å². The molecule has 0 saturated carbocycles. The summed E-state index contributed by atoms with van der Waals surface area (Å²) in [6.45, 7) is 5.76. The van der Waals surface area contributed by atoms with Crippen LogP contribution in [0.3, 0.4) is 0 Å². The minimum absolute atomic E-state index is 0.381. The van der Waals surface area contributed by atoms with E-state index in [4.69, 9.17) is 0 Å². The fraction of sp³-hybridized carbons (Fsp3) is 0.636. The van der Waals surface area contributed by atoms with Crippen molar-refractivity contribution in [1.29, 1.82) is 0 Å². The molecule has 80 valence electrons. The van der Waals surface area contributed by atoms with Crippen LogP contribution in [0.25, 0.3) is 0 Å². The van der Waals surface area contributed by atoms with Crippen molar-refractivity contribution in [2.24, 2.45) is 5.92 Å². The summed E-state index contributed by atoms with van der Waals surface area (Å²) >= 11 is 0. The molecule has 0 spiro atoms. The monoisotopic (exact) mass is 204 g/mol. The van der Waals surface area contributed by atoms with Gasteiger partial charge in [-0.25, -0.2) is 0 Å². The van der Waals surface area contributed by atoms with Crippen LogP contribution >= 0.6 is 0 Å². The average molecular weight is 204 g/mol. The smallest absolute Gasteiger partial charge is 0.171 e. The maximum Gasteiger partial charge on any atom is 0.392 e. The van der Waals surface area contributed by atoms with Crippen molar-refractivity contribution >= 4 is 0 Å². The van der Waals surface area contributed by atoms with Crippen LogP contribution in [-0.4, -0.2) is 6.18 Å². The molecule has 0 aromatic rings. The van der Waals surface area contributed by atoms with Crippen molar-refractivity contribution in [3.8, 4) is 0 Å². The minimum Gasteiger partial charge on any atom is -0.171 e. The molecule has 14 heavy (non-hydrogen) atoms. The van der Waals surface area contributed by atoms with Gasteiger partial charge in [-0.3, -0.25) is 0 Å². The van der Waals surface area contributed by atoms with Crippen molar-refractivity contribution in [2.45, 2.75) is 38.8 Å². The predicted octanol–water partition coefficient (Wildman–Crippen LogP) is 4.24. The fourth-order valence-electron chi connectivity index (χ4n) is 1.75. The Balaban J connectivity index is 2.49. The SMILES string of the molecule is C=C(C)[C@@H]1CC=C(CC(F)(F)F)CC1. The summed E-state index contributed by atoms with van der Waals surface area (Å²) in [5, 5.41) is 0. The summed E-state index contributed by atoms with van der Waals surface area (Å²) in [6.07, 6.45) is -0.955. The molecule has 0 N–H and O–H groups in total. The van der Waals surface area contributed by atoms with Crippen LogP contribution in [-0.2, 0) is 0 Å². The fourth-order valence-corrected chi connectivity index (χ4v) is 1.75. The van der Waals surface area contributed by atoms with E-state index in [1.807, 2.05) is 6.92 Å².